The van der Waals surface area contributed by atoms with Gasteiger partial charge in [-0.05, 0) is 30.2 Å². The van der Waals surface area contributed by atoms with E-state index in [9.17, 15) is 9.59 Å². The van der Waals surface area contributed by atoms with Gasteiger partial charge in [-0.2, -0.15) is 0 Å². The van der Waals surface area contributed by atoms with Gasteiger partial charge in [-0.15, -0.1) is 0 Å². The normalized spacial score (nSPS) is 22.0. The molecule has 6 heteroatoms. The van der Waals surface area contributed by atoms with E-state index in [0.29, 0.717) is 11.5 Å². The molecule has 2 aromatic carbocycles. The van der Waals surface area contributed by atoms with Crippen molar-refractivity contribution in [3.63, 3.8) is 0 Å². The molecule has 0 radical (unpaired) electrons. The topological polar surface area (TPSA) is 67.9 Å². The molecule has 6 nitrogen and oxygen atoms in total. The molecule has 2 aliphatic rings. The van der Waals surface area contributed by atoms with Gasteiger partial charge in [0.05, 0.1) is 6.54 Å². The maximum absolute atomic E-state index is 12.9. The molecular formula is C18H16N2O4. The summed E-state index contributed by atoms with van der Waals surface area (Å²) in [5.74, 6) is 1.03. The predicted octanol–water partition coefficient (Wildman–Crippen LogP) is 2.38. The van der Waals surface area contributed by atoms with E-state index >= 15 is 0 Å². The number of hydrogen-bond donors (Lipinski definition) is 1. The van der Waals surface area contributed by atoms with Crippen molar-refractivity contribution in [2.24, 2.45) is 0 Å². The van der Waals surface area contributed by atoms with Gasteiger partial charge >= 0.3 is 6.03 Å². The summed E-state index contributed by atoms with van der Waals surface area (Å²) >= 11 is 0. The van der Waals surface area contributed by atoms with E-state index in [4.69, 9.17) is 9.47 Å². The van der Waals surface area contributed by atoms with Crippen molar-refractivity contribution in [2.45, 2.75) is 19.0 Å². The van der Waals surface area contributed by atoms with Crippen LogP contribution in [0.15, 0.2) is 48.5 Å². The van der Waals surface area contributed by atoms with Crippen molar-refractivity contribution in [1.29, 1.82) is 0 Å². The quantitative estimate of drug-likeness (QED) is 0.880. The summed E-state index contributed by atoms with van der Waals surface area (Å²) < 4.78 is 10.6. The number of urea groups is 1. The van der Waals surface area contributed by atoms with Crippen molar-refractivity contribution >= 4 is 11.9 Å². The molecule has 2 aromatic rings. The lowest BCUT2D eigenvalue weighted by molar-refractivity contribution is -0.131. The molecule has 24 heavy (non-hydrogen) atoms. The molecule has 2 heterocycles. The molecule has 122 valence electrons. The van der Waals surface area contributed by atoms with Gasteiger partial charge in [-0.25, -0.2) is 4.79 Å². The van der Waals surface area contributed by atoms with Crippen LogP contribution >= 0.6 is 0 Å². The van der Waals surface area contributed by atoms with Crippen LogP contribution in [0.2, 0.25) is 0 Å². The maximum atomic E-state index is 12.9. The lowest BCUT2D eigenvalue weighted by Gasteiger charge is -2.22. The number of imide groups is 1. The Labute approximate surface area is 139 Å². The van der Waals surface area contributed by atoms with E-state index in [0.717, 1.165) is 11.1 Å². The Bertz CT molecular complexity index is 821. The van der Waals surface area contributed by atoms with Crippen molar-refractivity contribution < 1.29 is 19.1 Å². The highest BCUT2D eigenvalue weighted by Gasteiger charge is 2.48. The Hall–Kier alpha value is -3.02. The number of carbonyl (C=O) groups excluding carboxylic acids is 2. The molecule has 2 aliphatic heterocycles. The second-order valence-electron chi connectivity index (χ2n) is 6.00. The molecule has 1 saturated heterocycles. The smallest absolute Gasteiger partial charge is 0.325 e. The van der Waals surface area contributed by atoms with Gasteiger partial charge in [0.1, 0.15) is 5.54 Å². The minimum absolute atomic E-state index is 0.184. The molecule has 1 atom stereocenters. The van der Waals surface area contributed by atoms with Crippen LogP contribution in [0, 0.1) is 0 Å². The van der Waals surface area contributed by atoms with Gasteiger partial charge in [0.15, 0.2) is 11.5 Å². The first-order chi connectivity index (χ1) is 11.6. The fourth-order valence-electron chi connectivity index (χ4n) is 3.03. The summed E-state index contributed by atoms with van der Waals surface area (Å²) in [5.41, 5.74) is 0.519. The van der Waals surface area contributed by atoms with E-state index < -0.39 is 11.6 Å². The van der Waals surface area contributed by atoms with Crippen molar-refractivity contribution in [3.8, 4) is 11.5 Å². The lowest BCUT2D eigenvalue weighted by atomic mass is 9.92. The Morgan fingerprint density at radius 3 is 2.62 bits per heavy atom. The molecule has 1 N–H and O–H groups in total. The van der Waals surface area contributed by atoms with Crippen LogP contribution in [0.3, 0.4) is 0 Å². The monoisotopic (exact) mass is 324 g/mol. The van der Waals surface area contributed by atoms with Crippen LogP contribution in [-0.2, 0) is 16.9 Å². The third-order valence-corrected chi connectivity index (χ3v) is 4.40. The number of rotatable bonds is 3. The summed E-state index contributed by atoms with van der Waals surface area (Å²) in [6.07, 6.45) is 0. The zero-order chi connectivity index (χ0) is 16.7. The number of hydrogen-bond acceptors (Lipinski definition) is 4. The molecule has 0 unspecified atom stereocenters. The van der Waals surface area contributed by atoms with Gasteiger partial charge in [0.25, 0.3) is 5.91 Å². The van der Waals surface area contributed by atoms with Gasteiger partial charge in [-0.1, -0.05) is 36.4 Å². The van der Waals surface area contributed by atoms with E-state index in [-0.39, 0.29) is 19.2 Å². The summed E-state index contributed by atoms with van der Waals surface area (Å²) in [4.78, 5) is 26.4. The molecular weight excluding hydrogens is 308 g/mol. The largest absolute Gasteiger partial charge is 0.454 e. The van der Waals surface area contributed by atoms with Gasteiger partial charge < -0.3 is 14.8 Å². The molecule has 0 spiro atoms. The Balaban J connectivity index is 1.60. The molecule has 0 aromatic heterocycles. The maximum Gasteiger partial charge on any atom is 0.325 e. The van der Waals surface area contributed by atoms with Gasteiger partial charge in [-0.3, -0.25) is 9.69 Å². The standard InChI is InChI=1S/C18H16N2O4/c1-18(13-5-3-2-4-6-13)16(21)20(17(22)19-18)10-12-7-8-14-15(9-12)24-11-23-14/h2-9H,10-11H2,1H3,(H,19,22)/t18-/m0/s1. The molecule has 3 amide bonds. The second-order valence-corrected chi connectivity index (χ2v) is 6.00. The molecule has 1 fully saturated rings. The molecule has 4 rings (SSSR count). The highest BCUT2D eigenvalue weighted by Crippen LogP contribution is 2.34. The number of fused-ring (bicyclic) bond motifs is 1. The van der Waals surface area contributed by atoms with Gasteiger partial charge in [0, 0.05) is 0 Å². The second kappa shape index (κ2) is 5.26. The van der Waals surface area contributed by atoms with Crippen molar-refractivity contribution in [2.75, 3.05) is 6.79 Å². The number of amides is 3. The first kappa shape index (κ1) is 14.6. The molecule has 0 saturated carbocycles. The minimum atomic E-state index is -1.05. The Kier molecular flexibility index (Phi) is 3.19. The highest BCUT2D eigenvalue weighted by molar-refractivity contribution is 6.07. The summed E-state index contributed by atoms with van der Waals surface area (Å²) in [6.45, 7) is 2.10. The number of nitrogens with zero attached hydrogens (tertiary/aromatic N) is 1. The SMILES string of the molecule is C[C@@]1(c2ccccc2)NC(=O)N(Cc2ccc3c(c2)OCO3)C1=O. The third kappa shape index (κ3) is 2.19. The zero-order valence-corrected chi connectivity index (χ0v) is 13.1. The average molecular weight is 324 g/mol. The van der Waals surface area contributed by atoms with Gasteiger partial charge in [0.2, 0.25) is 6.79 Å². The molecule has 0 aliphatic carbocycles. The Morgan fingerprint density at radius 2 is 1.83 bits per heavy atom. The van der Waals surface area contributed by atoms with E-state index in [1.165, 1.54) is 4.90 Å². The van der Waals surface area contributed by atoms with E-state index in [2.05, 4.69) is 5.32 Å². The number of nitrogens with one attached hydrogen (secondary N) is 1. The number of benzene rings is 2. The van der Waals surface area contributed by atoms with Crippen LogP contribution in [0.5, 0.6) is 11.5 Å². The average Bonchev–Trinajstić information content (AvgIpc) is 3.14. The van der Waals surface area contributed by atoms with Crippen molar-refractivity contribution in [1.82, 2.24) is 10.2 Å². The summed E-state index contributed by atoms with van der Waals surface area (Å²) in [7, 11) is 0. The minimum Gasteiger partial charge on any atom is -0.454 e. The van der Waals surface area contributed by atoms with Crippen molar-refractivity contribution in [3.05, 3.63) is 59.7 Å². The van der Waals surface area contributed by atoms with Crippen LogP contribution < -0.4 is 14.8 Å². The predicted molar refractivity (Wildman–Crippen MR) is 85.4 cm³/mol. The summed E-state index contributed by atoms with van der Waals surface area (Å²) in [6, 6.07) is 14.2. The zero-order valence-electron chi connectivity index (χ0n) is 13.1. The first-order valence-electron chi connectivity index (χ1n) is 7.66. The van der Waals surface area contributed by atoms with E-state index in [1.54, 1.807) is 19.1 Å². The molecule has 0 bridgehead atoms. The van der Waals surface area contributed by atoms with Crippen LogP contribution in [-0.4, -0.2) is 23.6 Å². The fraction of sp³-hybridized carbons (Fsp3) is 0.222. The number of carbonyl (C=O) groups is 2. The lowest BCUT2D eigenvalue weighted by Crippen LogP contribution is -2.40. The van der Waals surface area contributed by atoms with Crippen LogP contribution in [0.25, 0.3) is 0 Å². The van der Waals surface area contributed by atoms with Crippen LogP contribution in [0.1, 0.15) is 18.1 Å². The highest BCUT2D eigenvalue weighted by atomic mass is 16.7. The summed E-state index contributed by atoms with van der Waals surface area (Å²) in [5, 5.41) is 2.80. The van der Waals surface area contributed by atoms with Crippen LogP contribution in [0.4, 0.5) is 4.79 Å². The van der Waals surface area contributed by atoms with E-state index in [1.807, 2.05) is 36.4 Å². The first-order valence-corrected chi connectivity index (χ1v) is 7.66. The Morgan fingerprint density at radius 1 is 1.08 bits per heavy atom. The number of ether oxygens (including phenoxy) is 2. The fourth-order valence-corrected chi connectivity index (χ4v) is 3.03. The third-order valence-electron chi connectivity index (χ3n) is 4.40.